The van der Waals surface area contributed by atoms with Gasteiger partial charge in [-0.05, 0) is 26.0 Å². The van der Waals surface area contributed by atoms with Gasteiger partial charge < -0.3 is 19.1 Å². The molecule has 122 valence electrons. The van der Waals surface area contributed by atoms with Gasteiger partial charge in [-0.1, -0.05) is 23.7 Å². The highest BCUT2D eigenvalue weighted by Crippen LogP contribution is 2.24. The van der Waals surface area contributed by atoms with Crippen LogP contribution in [-0.4, -0.2) is 55.9 Å². The molecule has 0 saturated carbocycles. The predicted molar refractivity (Wildman–Crippen MR) is 84.4 cm³/mol. The first-order valence-corrected chi connectivity index (χ1v) is 7.61. The van der Waals surface area contributed by atoms with E-state index in [1.807, 2.05) is 26.0 Å². The van der Waals surface area contributed by atoms with Crippen molar-refractivity contribution >= 4 is 17.5 Å². The molecule has 2 rings (SSSR count). The van der Waals surface area contributed by atoms with Crippen molar-refractivity contribution in [2.75, 3.05) is 33.4 Å². The second kappa shape index (κ2) is 7.31. The molecule has 6 heteroatoms. The van der Waals surface area contributed by atoms with Gasteiger partial charge in [-0.15, -0.1) is 0 Å². The SMILES string of the molecule is COC[C@@H]1CN(C(=O)COc2ccccc2Cl)CC(C)(C)O1. The number of amides is 1. The maximum atomic E-state index is 12.4. The number of nitrogens with zero attached hydrogens (tertiary/aromatic N) is 1. The average Bonchev–Trinajstić information content (AvgIpc) is 2.45. The molecular formula is C16H22ClNO4. The molecule has 0 aliphatic carbocycles. The van der Waals surface area contributed by atoms with E-state index < -0.39 is 5.60 Å². The molecule has 1 aromatic carbocycles. The van der Waals surface area contributed by atoms with Crippen LogP contribution in [0.15, 0.2) is 24.3 Å². The molecule has 22 heavy (non-hydrogen) atoms. The lowest BCUT2D eigenvalue weighted by Gasteiger charge is -2.42. The Labute approximate surface area is 136 Å². The number of hydrogen-bond donors (Lipinski definition) is 0. The van der Waals surface area contributed by atoms with Crippen molar-refractivity contribution in [3.63, 3.8) is 0 Å². The van der Waals surface area contributed by atoms with E-state index in [1.165, 1.54) is 0 Å². The van der Waals surface area contributed by atoms with Crippen LogP contribution in [0.2, 0.25) is 5.02 Å². The summed E-state index contributed by atoms with van der Waals surface area (Å²) < 4.78 is 16.6. The van der Waals surface area contributed by atoms with E-state index in [0.717, 1.165) is 0 Å². The fourth-order valence-electron chi connectivity index (χ4n) is 2.55. The molecule has 1 amide bonds. The monoisotopic (exact) mass is 327 g/mol. The Morgan fingerprint density at radius 1 is 1.45 bits per heavy atom. The molecule has 0 N–H and O–H groups in total. The highest BCUT2D eigenvalue weighted by Gasteiger charge is 2.35. The van der Waals surface area contributed by atoms with Crippen molar-refractivity contribution in [3.05, 3.63) is 29.3 Å². The van der Waals surface area contributed by atoms with E-state index in [2.05, 4.69) is 0 Å². The summed E-state index contributed by atoms with van der Waals surface area (Å²) in [5.41, 5.74) is -0.401. The minimum atomic E-state index is -0.401. The van der Waals surface area contributed by atoms with Crippen molar-refractivity contribution in [1.29, 1.82) is 0 Å². The molecular weight excluding hydrogens is 306 g/mol. The van der Waals surface area contributed by atoms with E-state index in [4.69, 9.17) is 25.8 Å². The van der Waals surface area contributed by atoms with Crippen LogP contribution in [0.5, 0.6) is 5.75 Å². The van der Waals surface area contributed by atoms with Crippen molar-refractivity contribution in [2.45, 2.75) is 25.6 Å². The lowest BCUT2D eigenvalue weighted by Crippen LogP contribution is -2.56. The molecule has 0 bridgehead atoms. The molecule has 1 fully saturated rings. The van der Waals surface area contributed by atoms with Gasteiger partial charge >= 0.3 is 0 Å². The van der Waals surface area contributed by atoms with Crippen molar-refractivity contribution in [3.8, 4) is 5.75 Å². The largest absolute Gasteiger partial charge is 0.482 e. The number of carbonyl (C=O) groups excluding carboxylic acids is 1. The van der Waals surface area contributed by atoms with E-state index in [9.17, 15) is 4.79 Å². The standard InChI is InChI=1S/C16H22ClNO4/c1-16(2)11-18(8-12(22-16)9-20-3)15(19)10-21-14-7-5-4-6-13(14)17/h4-7,12H,8-11H2,1-3H3/t12-/m0/s1. The summed E-state index contributed by atoms with van der Waals surface area (Å²) in [5.74, 6) is 0.427. The van der Waals surface area contributed by atoms with Crippen LogP contribution in [0.1, 0.15) is 13.8 Å². The van der Waals surface area contributed by atoms with Crippen LogP contribution in [0, 0.1) is 0 Å². The van der Waals surface area contributed by atoms with Crippen molar-refractivity contribution in [1.82, 2.24) is 4.90 Å². The molecule has 1 aromatic rings. The molecule has 0 radical (unpaired) electrons. The summed E-state index contributed by atoms with van der Waals surface area (Å²) in [5, 5.41) is 0.495. The first-order chi connectivity index (χ1) is 10.4. The number of rotatable bonds is 5. The fourth-order valence-corrected chi connectivity index (χ4v) is 2.74. The van der Waals surface area contributed by atoms with Gasteiger partial charge in [0.15, 0.2) is 6.61 Å². The first-order valence-electron chi connectivity index (χ1n) is 7.23. The zero-order valence-electron chi connectivity index (χ0n) is 13.2. The van der Waals surface area contributed by atoms with Gasteiger partial charge in [-0.3, -0.25) is 4.79 Å². The Morgan fingerprint density at radius 3 is 2.86 bits per heavy atom. The van der Waals surface area contributed by atoms with Crippen molar-refractivity contribution < 1.29 is 19.0 Å². The normalized spacial score (nSPS) is 20.7. The summed E-state index contributed by atoms with van der Waals surface area (Å²) in [7, 11) is 1.62. The molecule has 1 aliphatic rings. The number of morpholine rings is 1. The molecule has 1 atom stereocenters. The molecule has 1 saturated heterocycles. The number of carbonyl (C=O) groups is 1. The van der Waals surface area contributed by atoms with Gasteiger partial charge in [0.2, 0.25) is 0 Å². The zero-order chi connectivity index (χ0) is 16.2. The Bertz CT molecular complexity index is 521. The van der Waals surface area contributed by atoms with Crippen molar-refractivity contribution in [2.24, 2.45) is 0 Å². The molecule has 5 nitrogen and oxygen atoms in total. The van der Waals surface area contributed by atoms with Crippen LogP contribution < -0.4 is 4.74 Å². The van der Waals surface area contributed by atoms with Crippen LogP contribution in [0.4, 0.5) is 0 Å². The van der Waals surface area contributed by atoms with E-state index in [-0.39, 0.29) is 18.6 Å². The number of ether oxygens (including phenoxy) is 3. The third-order valence-corrected chi connectivity index (χ3v) is 3.69. The topological polar surface area (TPSA) is 48.0 Å². The third kappa shape index (κ3) is 4.60. The lowest BCUT2D eigenvalue weighted by molar-refractivity contribution is -0.170. The highest BCUT2D eigenvalue weighted by atomic mass is 35.5. The van der Waals surface area contributed by atoms with Gasteiger partial charge in [0.25, 0.3) is 5.91 Å². The van der Waals surface area contributed by atoms with Crippen LogP contribution >= 0.6 is 11.6 Å². The summed E-state index contributed by atoms with van der Waals surface area (Å²) in [6.07, 6.45) is -0.127. The summed E-state index contributed by atoms with van der Waals surface area (Å²) in [6, 6.07) is 7.11. The van der Waals surface area contributed by atoms with Crippen LogP contribution in [0.25, 0.3) is 0 Å². The zero-order valence-corrected chi connectivity index (χ0v) is 13.9. The van der Waals surface area contributed by atoms with E-state index in [0.29, 0.717) is 30.5 Å². The Hall–Kier alpha value is -1.30. The second-order valence-corrected chi connectivity index (χ2v) is 6.36. The minimum Gasteiger partial charge on any atom is -0.482 e. The smallest absolute Gasteiger partial charge is 0.260 e. The summed E-state index contributed by atoms with van der Waals surface area (Å²) in [4.78, 5) is 14.1. The average molecular weight is 328 g/mol. The molecule has 1 aliphatic heterocycles. The molecule has 0 unspecified atom stereocenters. The Morgan fingerprint density at radius 2 is 2.18 bits per heavy atom. The first kappa shape index (κ1) is 17.1. The summed E-state index contributed by atoms with van der Waals surface area (Å²) >= 11 is 6.02. The fraction of sp³-hybridized carbons (Fsp3) is 0.562. The van der Waals surface area contributed by atoms with Crippen LogP contribution in [-0.2, 0) is 14.3 Å². The second-order valence-electron chi connectivity index (χ2n) is 5.95. The number of methoxy groups -OCH3 is 1. The maximum Gasteiger partial charge on any atom is 0.260 e. The van der Waals surface area contributed by atoms with Gasteiger partial charge in [0.05, 0.1) is 23.3 Å². The molecule has 0 spiro atoms. The lowest BCUT2D eigenvalue weighted by atomic mass is 10.1. The van der Waals surface area contributed by atoms with Crippen LogP contribution in [0.3, 0.4) is 0 Å². The number of para-hydroxylation sites is 1. The highest BCUT2D eigenvalue weighted by molar-refractivity contribution is 6.32. The Kier molecular flexibility index (Phi) is 5.67. The number of benzene rings is 1. The predicted octanol–water partition coefficient (Wildman–Crippen LogP) is 2.37. The quantitative estimate of drug-likeness (QED) is 0.833. The molecule has 1 heterocycles. The minimum absolute atomic E-state index is 0.0421. The third-order valence-electron chi connectivity index (χ3n) is 3.37. The number of halogens is 1. The summed E-state index contributed by atoms with van der Waals surface area (Å²) in [6.45, 7) is 5.37. The Balaban J connectivity index is 1.95. The van der Waals surface area contributed by atoms with Gasteiger partial charge in [-0.25, -0.2) is 0 Å². The van der Waals surface area contributed by atoms with Gasteiger partial charge in [0.1, 0.15) is 5.75 Å². The van der Waals surface area contributed by atoms with E-state index in [1.54, 1.807) is 24.1 Å². The maximum absolute atomic E-state index is 12.4. The number of hydrogen-bond acceptors (Lipinski definition) is 4. The van der Waals surface area contributed by atoms with Gasteiger partial charge in [-0.2, -0.15) is 0 Å². The van der Waals surface area contributed by atoms with Gasteiger partial charge in [0, 0.05) is 20.2 Å². The molecule has 0 aromatic heterocycles. The van der Waals surface area contributed by atoms with E-state index >= 15 is 0 Å².